The van der Waals surface area contributed by atoms with Gasteiger partial charge < -0.3 is 24.1 Å². The highest BCUT2D eigenvalue weighted by Gasteiger charge is 2.25. The number of piperazine rings is 1. The van der Waals surface area contributed by atoms with Crippen molar-refractivity contribution in [1.82, 2.24) is 15.4 Å². The number of rotatable bonds is 10. The van der Waals surface area contributed by atoms with Gasteiger partial charge in [0.1, 0.15) is 17.2 Å². The molecule has 0 saturated carbocycles. The minimum Gasteiger partial charge on any atom is -0.497 e. The van der Waals surface area contributed by atoms with Gasteiger partial charge in [-0.05, 0) is 50.1 Å². The van der Waals surface area contributed by atoms with Gasteiger partial charge in [-0.25, -0.2) is 0 Å². The minimum atomic E-state index is -0.0208. The molecule has 34 heavy (non-hydrogen) atoms. The second-order valence-electron chi connectivity index (χ2n) is 8.77. The smallest absolute Gasteiger partial charge is 0.178 e. The van der Waals surface area contributed by atoms with Crippen LogP contribution in [0, 0.1) is 0 Å². The van der Waals surface area contributed by atoms with E-state index in [1.54, 1.807) is 13.3 Å². The molecule has 0 spiro atoms. The van der Waals surface area contributed by atoms with E-state index in [4.69, 9.17) is 18.7 Å². The van der Waals surface area contributed by atoms with E-state index < -0.39 is 0 Å². The minimum absolute atomic E-state index is 0.0208. The first-order valence-electron chi connectivity index (χ1n) is 12.1. The van der Waals surface area contributed by atoms with Crippen molar-refractivity contribution in [3.8, 4) is 39.7 Å². The van der Waals surface area contributed by atoms with Crippen LogP contribution >= 0.6 is 0 Å². The zero-order chi connectivity index (χ0) is 23.9. The first-order valence-corrected chi connectivity index (χ1v) is 12.1. The number of nitrogens with one attached hydrogen (secondary N) is 1. The van der Waals surface area contributed by atoms with Crippen LogP contribution in [-0.4, -0.2) is 55.7 Å². The van der Waals surface area contributed by atoms with Crippen LogP contribution in [0.3, 0.4) is 0 Å². The van der Waals surface area contributed by atoms with Crippen LogP contribution in [0.1, 0.15) is 33.6 Å². The Kier molecular flexibility index (Phi) is 8.08. The predicted molar refractivity (Wildman–Crippen MR) is 133 cm³/mol. The molecule has 1 aliphatic rings. The molecule has 1 saturated heterocycles. The number of aromatic nitrogens is 1. The fourth-order valence-electron chi connectivity index (χ4n) is 4.22. The number of ether oxygens (including phenoxy) is 3. The van der Waals surface area contributed by atoms with Crippen LogP contribution in [0.25, 0.3) is 22.5 Å². The second kappa shape index (κ2) is 11.4. The van der Waals surface area contributed by atoms with Crippen molar-refractivity contribution in [2.45, 2.75) is 45.9 Å². The molecule has 1 aromatic heterocycles. The standard InChI is InChI=1S/C27H35N3O4/c1-5-6-26(30-15-13-28-14-16-30)33-25-17-22(32-19(2)3)11-12-23(25)27-24(18-29-34-27)20-7-9-21(31-4)10-8-20/h7-12,17-19,26,28H,5-6,13-16H2,1-4H3. The summed E-state index contributed by atoms with van der Waals surface area (Å²) in [6, 6.07) is 13.8. The van der Waals surface area contributed by atoms with Crippen molar-refractivity contribution in [2.75, 3.05) is 33.3 Å². The first-order chi connectivity index (χ1) is 16.6. The van der Waals surface area contributed by atoms with Crippen LogP contribution in [0.5, 0.6) is 17.2 Å². The Morgan fingerprint density at radius 2 is 1.74 bits per heavy atom. The molecule has 1 unspecified atom stereocenters. The molecule has 4 rings (SSSR count). The highest BCUT2D eigenvalue weighted by Crippen LogP contribution is 2.40. The van der Waals surface area contributed by atoms with Crippen LogP contribution < -0.4 is 19.5 Å². The summed E-state index contributed by atoms with van der Waals surface area (Å²) in [6.45, 7) is 10.1. The summed E-state index contributed by atoms with van der Waals surface area (Å²) >= 11 is 0. The van der Waals surface area contributed by atoms with E-state index in [1.807, 2.05) is 56.3 Å². The van der Waals surface area contributed by atoms with E-state index in [-0.39, 0.29) is 12.3 Å². The van der Waals surface area contributed by atoms with Crippen molar-refractivity contribution in [3.05, 3.63) is 48.7 Å². The molecule has 1 aliphatic heterocycles. The Hall–Kier alpha value is -3.03. The zero-order valence-corrected chi connectivity index (χ0v) is 20.5. The molecule has 7 heteroatoms. The number of hydrogen-bond acceptors (Lipinski definition) is 7. The molecule has 2 aromatic carbocycles. The SMILES string of the molecule is CCCC(Oc1cc(OC(C)C)ccc1-c1oncc1-c1ccc(OC)cc1)N1CCNCC1. The molecular formula is C27H35N3O4. The van der Waals surface area contributed by atoms with Crippen molar-refractivity contribution < 1.29 is 18.7 Å². The first kappa shape index (κ1) is 24.1. The fraction of sp³-hybridized carbons (Fsp3) is 0.444. The lowest BCUT2D eigenvalue weighted by Gasteiger charge is -2.35. The van der Waals surface area contributed by atoms with Crippen LogP contribution in [0.4, 0.5) is 0 Å². The van der Waals surface area contributed by atoms with Gasteiger partial charge in [0.05, 0.1) is 25.0 Å². The molecule has 2 heterocycles. The number of nitrogens with zero attached hydrogens (tertiary/aromatic N) is 2. The van der Waals surface area contributed by atoms with Gasteiger partial charge in [-0.2, -0.15) is 0 Å². The Morgan fingerprint density at radius 1 is 1.00 bits per heavy atom. The molecule has 0 radical (unpaired) electrons. The second-order valence-corrected chi connectivity index (χ2v) is 8.77. The number of benzene rings is 2. The molecule has 3 aromatic rings. The maximum atomic E-state index is 6.71. The number of hydrogen-bond donors (Lipinski definition) is 1. The van der Waals surface area contributed by atoms with Crippen molar-refractivity contribution in [2.24, 2.45) is 0 Å². The third-order valence-corrected chi connectivity index (χ3v) is 5.90. The molecule has 1 atom stereocenters. The van der Waals surface area contributed by atoms with Crippen molar-refractivity contribution in [1.29, 1.82) is 0 Å². The Balaban J connectivity index is 1.72. The summed E-state index contributed by atoms with van der Waals surface area (Å²) in [7, 11) is 1.66. The third kappa shape index (κ3) is 5.72. The van der Waals surface area contributed by atoms with E-state index in [9.17, 15) is 0 Å². The Morgan fingerprint density at radius 3 is 2.41 bits per heavy atom. The molecule has 0 aliphatic carbocycles. The average Bonchev–Trinajstić information content (AvgIpc) is 3.34. The third-order valence-electron chi connectivity index (χ3n) is 5.90. The monoisotopic (exact) mass is 465 g/mol. The van der Waals surface area contributed by atoms with Crippen molar-refractivity contribution >= 4 is 0 Å². The highest BCUT2D eigenvalue weighted by molar-refractivity contribution is 5.82. The van der Waals surface area contributed by atoms with Gasteiger partial charge in [0.15, 0.2) is 12.0 Å². The molecule has 182 valence electrons. The van der Waals surface area contributed by atoms with Crippen molar-refractivity contribution in [3.63, 3.8) is 0 Å². The summed E-state index contributed by atoms with van der Waals surface area (Å²) in [4.78, 5) is 2.41. The molecule has 1 N–H and O–H groups in total. The van der Waals surface area contributed by atoms with Crippen LogP contribution in [0.15, 0.2) is 53.2 Å². The van der Waals surface area contributed by atoms with Gasteiger partial charge in [0.25, 0.3) is 0 Å². The summed E-state index contributed by atoms with van der Waals surface area (Å²) in [5.41, 5.74) is 2.76. The molecule has 0 amide bonds. The molecule has 0 bridgehead atoms. The topological polar surface area (TPSA) is 69.0 Å². The Labute approximate surface area is 202 Å². The van der Waals surface area contributed by atoms with Crippen LogP contribution in [0.2, 0.25) is 0 Å². The normalized spacial score (nSPS) is 15.3. The maximum Gasteiger partial charge on any atom is 0.178 e. The van der Waals surface area contributed by atoms with E-state index in [1.165, 1.54) is 0 Å². The summed E-state index contributed by atoms with van der Waals surface area (Å²) in [6.07, 6.45) is 3.77. The zero-order valence-electron chi connectivity index (χ0n) is 20.5. The average molecular weight is 466 g/mol. The lowest BCUT2D eigenvalue weighted by Crippen LogP contribution is -2.50. The van der Waals surface area contributed by atoms with E-state index in [0.29, 0.717) is 5.76 Å². The van der Waals surface area contributed by atoms with Gasteiger partial charge >= 0.3 is 0 Å². The maximum absolute atomic E-state index is 6.71. The summed E-state index contributed by atoms with van der Waals surface area (Å²) < 4.78 is 23.8. The lowest BCUT2D eigenvalue weighted by atomic mass is 10.0. The number of methoxy groups -OCH3 is 1. The lowest BCUT2D eigenvalue weighted by molar-refractivity contribution is 0.0106. The van der Waals surface area contributed by atoms with Gasteiger partial charge in [-0.3, -0.25) is 4.90 Å². The summed E-state index contributed by atoms with van der Waals surface area (Å²) in [5.74, 6) is 2.99. The highest BCUT2D eigenvalue weighted by atomic mass is 16.5. The summed E-state index contributed by atoms with van der Waals surface area (Å²) in [5, 5.41) is 7.55. The van der Waals surface area contributed by atoms with Gasteiger partial charge in [-0.15, -0.1) is 0 Å². The molecule has 1 fully saturated rings. The van der Waals surface area contributed by atoms with Gasteiger partial charge in [0, 0.05) is 37.8 Å². The Bertz CT molecular complexity index is 1040. The molecule has 7 nitrogen and oxygen atoms in total. The van der Waals surface area contributed by atoms with E-state index in [0.717, 1.165) is 73.0 Å². The quantitative estimate of drug-likeness (QED) is 0.440. The molecular weight excluding hydrogens is 430 g/mol. The predicted octanol–water partition coefficient (Wildman–Crippen LogP) is 5.21. The largest absolute Gasteiger partial charge is 0.497 e. The fourth-order valence-corrected chi connectivity index (χ4v) is 4.22. The van der Waals surface area contributed by atoms with E-state index in [2.05, 4.69) is 22.3 Å². The van der Waals surface area contributed by atoms with Gasteiger partial charge in [-0.1, -0.05) is 30.6 Å². The van der Waals surface area contributed by atoms with E-state index >= 15 is 0 Å². The van der Waals surface area contributed by atoms with Crippen LogP contribution in [-0.2, 0) is 0 Å². The van der Waals surface area contributed by atoms with Gasteiger partial charge in [0.2, 0.25) is 0 Å².